The molecule has 154 valence electrons. The maximum absolute atomic E-state index is 13.1. The van der Waals surface area contributed by atoms with Crippen molar-refractivity contribution in [2.45, 2.75) is 6.92 Å². The molecule has 0 saturated carbocycles. The van der Waals surface area contributed by atoms with Gasteiger partial charge in [0.15, 0.2) is 0 Å². The molecular weight excluding hydrogens is 388 g/mol. The summed E-state index contributed by atoms with van der Waals surface area (Å²) in [6, 6.07) is 24.9. The first-order valence-corrected chi connectivity index (χ1v) is 9.84. The van der Waals surface area contributed by atoms with Gasteiger partial charge in [0.1, 0.15) is 11.4 Å². The van der Waals surface area contributed by atoms with Crippen LogP contribution < -0.4 is 10.1 Å². The largest absolute Gasteiger partial charge is 0.497 e. The van der Waals surface area contributed by atoms with E-state index in [-0.39, 0.29) is 5.91 Å². The van der Waals surface area contributed by atoms with Crippen molar-refractivity contribution in [1.82, 2.24) is 5.01 Å². The van der Waals surface area contributed by atoms with Crippen LogP contribution in [0.15, 0.2) is 94.7 Å². The number of hydrazone groups is 1. The zero-order chi connectivity index (χ0) is 21.6. The lowest BCUT2D eigenvalue weighted by Crippen LogP contribution is -2.32. The lowest BCUT2D eigenvalue weighted by Gasteiger charge is -2.13. The van der Waals surface area contributed by atoms with Gasteiger partial charge in [-0.3, -0.25) is 4.79 Å². The number of aryl methyl sites for hydroxylation is 1. The van der Waals surface area contributed by atoms with E-state index in [1.807, 2.05) is 85.8 Å². The zero-order valence-electron chi connectivity index (χ0n) is 17.3. The number of benzene rings is 3. The SMILES string of the molecule is COc1ccc(/C=C2/N=C(Nc3ccc(C)cc3)N(/N=C/c3ccccc3)C2=O)cc1. The van der Waals surface area contributed by atoms with Crippen molar-refractivity contribution < 1.29 is 9.53 Å². The molecule has 31 heavy (non-hydrogen) atoms. The van der Waals surface area contributed by atoms with Gasteiger partial charge in [-0.25, -0.2) is 4.99 Å². The highest BCUT2D eigenvalue weighted by molar-refractivity contribution is 6.17. The Balaban J connectivity index is 1.65. The second-order valence-corrected chi connectivity index (χ2v) is 7.00. The summed E-state index contributed by atoms with van der Waals surface area (Å²) >= 11 is 0. The first-order valence-electron chi connectivity index (χ1n) is 9.84. The smallest absolute Gasteiger partial charge is 0.300 e. The molecule has 0 aliphatic carbocycles. The summed E-state index contributed by atoms with van der Waals surface area (Å²) in [5.74, 6) is 0.789. The fourth-order valence-corrected chi connectivity index (χ4v) is 2.98. The van der Waals surface area contributed by atoms with E-state index in [9.17, 15) is 4.79 Å². The van der Waals surface area contributed by atoms with Gasteiger partial charge in [-0.1, -0.05) is 60.2 Å². The van der Waals surface area contributed by atoms with Crippen molar-refractivity contribution in [2.24, 2.45) is 10.1 Å². The van der Waals surface area contributed by atoms with Gasteiger partial charge in [0, 0.05) is 5.69 Å². The topological polar surface area (TPSA) is 66.3 Å². The average molecular weight is 410 g/mol. The molecule has 0 fully saturated rings. The number of anilines is 1. The third-order valence-electron chi connectivity index (χ3n) is 4.69. The second-order valence-electron chi connectivity index (χ2n) is 7.00. The molecule has 3 aromatic rings. The van der Waals surface area contributed by atoms with Gasteiger partial charge >= 0.3 is 0 Å². The molecular formula is C25H22N4O2. The Morgan fingerprint density at radius 3 is 2.32 bits per heavy atom. The fourth-order valence-electron chi connectivity index (χ4n) is 2.98. The highest BCUT2D eigenvalue weighted by atomic mass is 16.5. The molecule has 0 radical (unpaired) electrons. The van der Waals surface area contributed by atoms with Crippen molar-refractivity contribution in [2.75, 3.05) is 12.4 Å². The molecule has 0 unspecified atom stereocenters. The number of carbonyl (C=O) groups excluding carboxylic acids is 1. The van der Waals surface area contributed by atoms with Crippen LogP contribution in [0, 0.1) is 6.92 Å². The van der Waals surface area contributed by atoms with Crippen LogP contribution in [0.25, 0.3) is 6.08 Å². The molecule has 1 N–H and O–H groups in total. The predicted molar refractivity (Wildman–Crippen MR) is 124 cm³/mol. The number of carbonyl (C=O) groups is 1. The van der Waals surface area contributed by atoms with Crippen LogP contribution in [0.1, 0.15) is 16.7 Å². The van der Waals surface area contributed by atoms with Gasteiger partial charge in [0.05, 0.1) is 13.3 Å². The first-order chi connectivity index (χ1) is 15.1. The van der Waals surface area contributed by atoms with Gasteiger partial charge in [-0.15, -0.1) is 0 Å². The number of methoxy groups -OCH3 is 1. The van der Waals surface area contributed by atoms with Crippen LogP contribution in [-0.4, -0.2) is 30.2 Å². The van der Waals surface area contributed by atoms with Crippen LogP contribution in [0.3, 0.4) is 0 Å². The van der Waals surface area contributed by atoms with E-state index in [0.717, 1.165) is 28.1 Å². The maximum Gasteiger partial charge on any atom is 0.300 e. The molecule has 1 amide bonds. The number of hydrogen-bond donors (Lipinski definition) is 1. The Labute approximate surface area is 181 Å². The normalized spacial score (nSPS) is 14.9. The Morgan fingerprint density at radius 1 is 0.935 bits per heavy atom. The molecule has 1 aliphatic heterocycles. The molecule has 6 nitrogen and oxygen atoms in total. The van der Waals surface area contributed by atoms with Crippen LogP contribution >= 0.6 is 0 Å². The number of nitrogens with one attached hydrogen (secondary N) is 1. The number of aliphatic imine (C=N–C) groups is 1. The number of amides is 1. The molecule has 0 spiro atoms. The Hall–Kier alpha value is -4.19. The van der Waals surface area contributed by atoms with Gasteiger partial charge in [-0.05, 0) is 48.4 Å². The number of ether oxygens (including phenoxy) is 1. The van der Waals surface area contributed by atoms with Crippen molar-refractivity contribution in [3.63, 3.8) is 0 Å². The minimum Gasteiger partial charge on any atom is -0.497 e. The molecule has 1 heterocycles. The Bertz CT molecular complexity index is 1150. The zero-order valence-corrected chi connectivity index (χ0v) is 17.3. The summed E-state index contributed by atoms with van der Waals surface area (Å²) in [6.45, 7) is 2.02. The minimum atomic E-state index is -0.308. The average Bonchev–Trinajstić information content (AvgIpc) is 3.09. The number of nitrogens with zero attached hydrogens (tertiary/aromatic N) is 3. The molecule has 0 bridgehead atoms. The van der Waals surface area contributed by atoms with E-state index in [2.05, 4.69) is 15.4 Å². The van der Waals surface area contributed by atoms with Crippen molar-refractivity contribution >= 4 is 29.8 Å². The summed E-state index contributed by atoms with van der Waals surface area (Å²) in [7, 11) is 1.61. The third-order valence-corrected chi connectivity index (χ3v) is 4.69. The highest BCUT2D eigenvalue weighted by Gasteiger charge is 2.30. The van der Waals surface area contributed by atoms with Crippen molar-refractivity contribution in [3.8, 4) is 5.75 Å². The monoisotopic (exact) mass is 410 g/mol. The fraction of sp³-hybridized carbons (Fsp3) is 0.0800. The number of guanidine groups is 1. The summed E-state index contributed by atoms with van der Waals surface area (Å²) < 4.78 is 5.19. The maximum atomic E-state index is 13.1. The van der Waals surface area contributed by atoms with Gasteiger partial charge in [0.25, 0.3) is 5.91 Å². The molecule has 1 aliphatic rings. The van der Waals surface area contributed by atoms with Gasteiger partial charge in [0.2, 0.25) is 5.96 Å². The van der Waals surface area contributed by atoms with E-state index < -0.39 is 0 Å². The van der Waals surface area contributed by atoms with E-state index in [4.69, 9.17) is 4.74 Å². The Morgan fingerprint density at radius 2 is 1.65 bits per heavy atom. The molecule has 4 rings (SSSR count). The van der Waals surface area contributed by atoms with Gasteiger partial charge < -0.3 is 10.1 Å². The quantitative estimate of drug-likeness (QED) is 0.490. The summed E-state index contributed by atoms with van der Waals surface area (Å²) in [4.78, 5) is 17.6. The van der Waals surface area contributed by atoms with E-state index in [1.165, 1.54) is 5.01 Å². The summed E-state index contributed by atoms with van der Waals surface area (Å²) in [5, 5.41) is 8.87. The van der Waals surface area contributed by atoms with Crippen LogP contribution in [0.5, 0.6) is 5.75 Å². The molecule has 3 aromatic carbocycles. The third kappa shape index (κ3) is 4.87. The Kier molecular flexibility index (Phi) is 5.89. The number of hydrogen-bond acceptors (Lipinski definition) is 5. The van der Waals surface area contributed by atoms with Crippen LogP contribution in [0.2, 0.25) is 0 Å². The van der Waals surface area contributed by atoms with E-state index in [1.54, 1.807) is 19.4 Å². The van der Waals surface area contributed by atoms with Crippen LogP contribution in [-0.2, 0) is 4.79 Å². The summed E-state index contributed by atoms with van der Waals surface area (Å²) in [5.41, 5.74) is 4.00. The van der Waals surface area contributed by atoms with Crippen molar-refractivity contribution in [3.05, 3.63) is 101 Å². The predicted octanol–water partition coefficient (Wildman–Crippen LogP) is 4.69. The van der Waals surface area contributed by atoms with E-state index in [0.29, 0.717) is 11.7 Å². The van der Waals surface area contributed by atoms with Crippen LogP contribution in [0.4, 0.5) is 5.69 Å². The number of rotatable bonds is 5. The highest BCUT2D eigenvalue weighted by Crippen LogP contribution is 2.22. The van der Waals surface area contributed by atoms with Gasteiger partial charge in [-0.2, -0.15) is 10.1 Å². The molecule has 0 aromatic heterocycles. The minimum absolute atomic E-state index is 0.296. The second kappa shape index (κ2) is 9.09. The molecule has 6 heteroatoms. The van der Waals surface area contributed by atoms with Crippen molar-refractivity contribution in [1.29, 1.82) is 0 Å². The first kappa shape index (κ1) is 20.1. The lowest BCUT2D eigenvalue weighted by molar-refractivity contribution is -0.122. The molecule has 0 saturated heterocycles. The van der Waals surface area contributed by atoms with E-state index >= 15 is 0 Å². The lowest BCUT2D eigenvalue weighted by atomic mass is 10.2. The standard InChI is InChI=1S/C25H22N4O2/c1-18-8-12-21(13-9-18)27-25-28-23(16-19-10-14-22(31-2)15-11-19)24(30)29(25)26-17-20-6-4-3-5-7-20/h3-17H,1-2H3,(H,27,28)/b23-16+,26-17+. The molecule has 0 atom stereocenters. The summed E-state index contributed by atoms with van der Waals surface area (Å²) in [6.07, 6.45) is 3.37.